The molecule has 1 aromatic carbocycles. The zero-order valence-corrected chi connectivity index (χ0v) is 12.9. The minimum atomic E-state index is -0.0725. The van der Waals surface area contributed by atoms with E-state index in [0.717, 1.165) is 13.1 Å². The zero-order valence-electron chi connectivity index (χ0n) is 12.2. The van der Waals surface area contributed by atoms with Crippen molar-refractivity contribution in [2.24, 2.45) is 0 Å². The van der Waals surface area contributed by atoms with Gasteiger partial charge in [0.1, 0.15) is 6.07 Å². The maximum absolute atomic E-state index is 12.1. The van der Waals surface area contributed by atoms with Gasteiger partial charge in [0.15, 0.2) is 0 Å². The van der Waals surface area contributed by atoms with Crippen LogP contribution in [0.2, 0.25) is 5.02 Å². The second-order valence-corrected chi connectivity index (χ2v) is 5.85. The van der Waals surface area contributed by atoms with Crippen molar-refractivity contribution in [1.82, 2.24) is 10.2 Å². The van der Waals surface area contributed by atoms with E-state index in [9.17, 15) is 4.79 Å². The number of anilines is 1. The molecule has 1 saturated heterocycles. The highest BCUT2D eigenvalue weighted by molar-refractivity contribution is 6.32. The normalized spacial score (nSPS) is 22.6. The molecule has 21 heavy (non-hydrogen) atoms. The average Bonchev–Trinajstić information content (AvgIpc) is 2.43. The van der Waals surface area contributed by atoms with Crippen molar-refractivity contribution in [2.45, 2.75) is 25.9 Å². The molecule has 1 amide bonds. The number of hydrogen-bond acceptors (Lipinski definition) is 4. The summed E-state index contributed by atoms with van der Waals surface area (Å²) in [4.78, 5) is 14.3. The molecule has 1 fully saturated rings. The molecule has 112 valence electrons. The molecule has 0 saturated carbocycles. The Bertz CT molecular complexity index is 569. The Morgan fingerprint density at radius 1 is 1.57 bits per heavy atom. The van der Waals surface area contributed by atoms with Gasteiger partial charge in [0.25, 0.3) is 0 Å². The van der Waals surface area contributed by atoms with Gasteiger partial charge in [-0.2, -0.15) is 5.26 Å². The fraction of sp³-hybridized carbons (Fsp3) is 0.467. The van der Waals surface area contributed by atoms with Gasteiger partial charge in [-0.15, -0.1) is 0 Å². The van der Waals surface area contributed by atoms with Crippen molar-refractivity contribution in [3.05, 3.63) is 28.8 Å². The summed E-state index contributed by atoms with van der Waals surface area (Å²) < 4.78 is 0. The van der Waals surface area contributed by atoms with Gasteiger partial charge in [0.05, 0.1) is 17.1 Å². The van der Waals surface area contributed by atoms with Crippen molar-refractivity contribution in [1.29, 1.82) is 5.26 Å². The topological polar surface area (TPSA) is 68.2 Å². The number of carbonyl (C=O) groups is 1. The van der Waals surface area contributed by atoms with Crippen LogP contribution in [0.15, 0.2) is 18.2 Å². The Balaban J connectivity index is 1.95. The minimum absolute atomic E-state index is 0.0725. The molecule has 1 aliphatic heterocycles. The summed E-state index contributed by atoms with van der Waals surface area (Å²) in [5.41, 5.74) is 1.01. The van der Waals surface area contributed by atoms with Crippen molar-refractivity contribution in [3.8, 4) is 6.07 Å². The van der Waals surface area contributed by atoms with Crippen molar-refractivity contribution in [3.63, 3.8) is 0 Å². The van der Waals surface area contributed by atoms with Crippen LogP contribution in [-0.4, -0.2) is 42.5 Å². The Morgan fingerprint density at radius 2 is 2.33 bits per heavy atom. The lowest BCUT2D eigenvalue weighted by Gasteiger charge is -2.36. The zero-order chi connectivity index (χ0) is 15.4. The molecule has 1 aromatic rings. The molecule has 0 spiro atoms. The van der Waals surface area contributed by atoms with Crippen LogP contribution in [0.4, 0.5) is 5.69 Å². The van der Waals surface area contributed by atoms with Crippen molar-refractivity contribution in [2.75, 3.05) is 25.0 Å². The third-order valence-electron chi connectivity index (χ3n) is 3.61. The third-order valence-corrected chi connectivity index (χ3v) is 3.93. The SMILES string of the molecule is CC1CN(CC(=O)Nc2ccc(C#N)c(Cl)c2)C(C)CN1. The Morgan fingerprint density at radius 3 is 3.00 bits per heavy atom. The van der Waals surface area contributed by atoms with Crippen LogP contribution in [0.3, 0.4) is 0 Å². The lowest BCUT2D eigenvalue weighted by molar-refractivity contribution is -0.118. The number of nitrogens with one attached hydrogen (secondary N) is 2. The molecule has 2 atom stereocenters. The van der Waals surface area contributed by atoms with Crippen molar-refractivity contribution >= 4 is 23.2 Å². The molecule has 2 N–H and O–H groups in total. The number of nitrogens with zero attached hydrogens (tertiary/aromatic N) is 2. The van der Waals surface area contributed by atoms with Gasteiger partial charge < -0.3 is 10.6 Å². The van der Waals surface area contributed by atoms with E-state index >= 15 is 0 Å². The monoisotopic (exact) mass is 306 g/mol. The van der Waals surface area contributed by atoms with Gasteiger partial charge in [-0.1, -0.05) is 11.6 Å². The number of nitriles is 1. The third kappa shape index (κ3) is 4.18. The highest BCUT2D eigenvalue weighted by Crippen LogP contribution is 2.20. The van der Waals surface area contributed by atoms with Gasteiger partial charge in [-0.25, -0.2) is 0 Å². The van der Waals surface area contributed by atoms with E-state index in [4.69, 9.17) is 16.9 Å². The maximum Gasteiger partial charge on any atom is 0.238 e. The van der Waals surface area contributed by atoms with E-state index < -0.39 is 0 Å². The maximum atomic E-state index is 12.1. The van der Waals surface area contributed by atoms with Crippen molar-refractivity contribution < 1.29 is 4.79 Å². The first-order chi connectivity index (χ1) is 9.99. The van der Waals surface area contributed by atoms with Crippen LogP contribution >= 0.6 is 11.6 Å². The van der Waals surface area contributed by atoms with Gasteiger partial charge in [-0.05, 0) is 32.0 Å². The predicted molar refractivity (Wildman–Crippen MR) is 83.3 cm³/mol. The highest BCUT2D eigenvalue weighted by Gasteiger charge is 2.24. The molecule has 0 bridgehead atoms. The van der Waals surface area contributed by atoms with E-state index in [0.29, 0.717) is 34.9 Å². The molecule has 2 unspecified atom stereocenters. The Hall–Kier alpha value is -1.61. The summed E-state index contributed by atoms with van der Waals surface area (Å²) in [6.45, 7) is 6.30. The summed E-state index contributed by atoms with van der Waals surface area (Å²) in [7, 11) is 0. The summed E-state index contributed by atoms with van der Waals surface area (Å²) in [5.74, 6) is -0.0725. The summed E-state index contributed by atoms with van der Waals surface area (Å²) in [6, 6.07) is 7.60. The molecule has 6 heteroatoms. The molecule has 2 rings (SSSR count). The fourth-order valence-corrected chi connectivity index (χ4v) is 2.61. The van der Waals surface area contributed by atoms with Gasteiger partial charge >= 0.3 is 0 Å². The van der Waals surface area contributed by atoms with Crippen LogP contribution in [0, 0.1) is 11.3 Å². The van der Waals surface area contributed by atoms with Crippen LogP contribution in [0.1, 0.15) is 19.4 Å². The summed E-state index contributed by atoms with van der Waals surface area (Å²) in [5, 5.41) is 15.4. The first-order valence-electron chi connectivity index (χ1n) is 6.96. The van der Waals surface area contributed by atoms with Gasteiger partial charge in [0, 0.05) is 30.9 Å². The molecule has 1 aliphatic rings. The number of carbonyl (C=O) groups excluding carboxylic acids is 1. The largest absolute Gasteiger partial charge is 0.325 e. The molecule has 5 nitrogen and oxygen atoms in total. The second-order valence-electron chi connectivity index (χ2n) is 5.44. The molecular formula is C15H19ClN4O. The average molecular weight is 307 g/mol. The first-order valence-corrected chi connectivity index (χ1v) is 7.34. The van der Waals surface area contributed by atoms with Gasteiger partial charge in [-0.3, -0.25) is 9.69 Å². The summed E-state index contributed by atoms with van der Waals surface area (Å²) in [6.07, 6.45) is 0. The minimum Gasteiger partial charge on any atom is -0.325 e. The second kappa shape index (κ2) is 6.90. The van der Waals surface area contributed by atoms with E-state index in [1.165, 1.54) is 0 Å². The Kier molecular flexibility index (Phi) is 5.18. The molecule has 1 heterocycles. The standard InChI is InChI=1S/C15H19ClN4O/c1-10-8-20(11(2)7-18-10)9-15(21)19-13-4-3-12(6-17)14(16)5-13/h3-5,10-11,18H,7-9H2,1-2H3,(H,19,21). The summed E-state index contributed by atoms with van der Waals surface area (Å²) >= 11 is 5.95. The van der Waals surface area contributed by atoms with E-state index in [1.54, 1.807) is 18.2 Å². The van der Waals surface area contributed by atoms with E-state index in [-0.39, 0.29) is 5.91 Å². The van der Waals surface area contributed by atoms with Crippen LogP contribution < -0.4 is 10.6 Å². The molecule has 0 aromatic heterocycles. The van der Waals surface area contributed by atoms with E-state index in [2.05, 4.69) is 29.4 Å². The Labute approximate surface area is 129 Å². The lowest BCUT2D eigenvalue weighted by atomic mass is 10.1. The van der Waals surface area contributed by atoms with Gasteiger partial charge in [0.2, 0.25) is 5.91 Å². The number of hydrogen-bond donors (Lipinski definition) is 2. The fourth-order valence-electron chi connectivity index (χ4n) is 2.39. The quantitative estimate of drug-likeness (QED) is 0.894. The number of piperazine rings is 1. The molecular weight excluding hydrogens is 288 g/mol. The van der Waals surface area contributed by atoms with Crippen LogP contribution in [0.5, 0.6) is 0 Å². The molecule has 0 aliphatic carbocycles. The van der Waals surface area contributed by atoms with E-state index in [1.807, 2.05) is 6.07 Å². The number of amides is 1. The number of rotatable bonds is 3. The first kappa shape index (κ1) is 15.8. The van der Waals surface area contributed by atoms with Crippen LogP contribution in [-0.2, 0) is 4.79 Å². The van der Waals surface area contributed by atoms with Crippen LogP contribution in [0.25, 0.3) is 0 Å². The number of halogens is 1. The number of benzene rings is 1. The smallest absolute Gasteiger partial charge is 0.238 e. The molecule has 0 radical (unpaired) electrons. The lowest BCUT2D eigenvalue weighted by Crippen LogP contribution is -2.55. The predicted octanol–water partition coefficient (Wildman–Crippen LogP) is 1.83. The highest BCUT2D eigenvalue weighted by atomic mass is 35.5.